The van der Waals surface area contributed by atoms with E-state index in [1.165, 1.54) is 6.92 Å². The minimum Gasteiger partial charge on any atom is -0.481 e. The van der Waals surface area contributed by atoms with Crippen LogP contribution in [0.3, 0.4) is 0 Å². The molecule has 0 aromatic heterocycles. The van der Waals surface area contributed by atoms with Crippen molar-refractivity contribution in [3.8, 4) is 0 Å². The van der Waals surface area contributed by atoms with Crippen molar-refractivity contribution in [2.75, 3.05) is 6.61 Å². The number of carbonyl (C=O) groups excluding carboxylic acids is 3. The van der Waals surface area contributed by atoms with Crippen LogP contribution in [-0.2, 0) is 28.8 Å². The molecule has 0 saturated heterocycles. The highest BCUT2D eigenvalue weighted by molar-refractivity contribution is 5.94. The monoisotopic (exact) mass is 434 g/mol. The van der Waals surface area contributed by atoms with Crippen LogP contribution in [0, 0.1) is 0 Å². The fourth-order valence-electron chi connectivity index (χ4n) is 2.11. The van der Waals surface area contributed by atoms with Gasteiger partial charge in [-0.1, -0.05) is 0 Å². The molecule has 9 N–H and O–H groups in total. The van der Waals surface area contributed by atoms with E-state index in [0.29, 0.717) is 0 Å². The number of amides is 3. The van der Waals surface area contributed by atoms with Crippen LogP contribution < -0.4 is 21.7 Å². The molecule has 0 aliphatic carbocycles. The molecule has 170 valence electrons. The third-order valence-corrected chi connectivity index (χ3v) is 3.77. The van der Waals surface area contributed by atoms with E-state index in [1.54, 1.807) is 0 Å². The Balaban J connectivity index is 5.43. The van der Waals surface area contributed by atoms with E-state index in [4.69, 9.17) is 26.2 Å². The van der Waals surface area contributed by atoms with Gasteiger partial charge in [0.15, 0.2) is 0 Å². The summed E-state index contributed by atoms with van der Waals surface area (Å²) in [5, 5.41) is 41.9. The van der Waals surface area contributed by atoms with Gasteiger partial charge in [-0.2, -0.15) is 0 Å². The van der Waals surface area contributed by atoms with Gasteiger partial charge in [0.25, 0.3) is 0 Å². The highest BCUT2D eigenvalue weighted by Gasteiger charge is 2.30. The van der Waals surface area contributed by atoms with E-state index < -0.39 is 85.7 Å². The molecule has 30 heavy (non-hydrogen) atoms. The number of hydrogen-bond donors (Lipinski definition) is 8. The molecule has 0 heterocycles. The van der Waals surface area contributed by atoms with Crippen molar-refractivity contribution in [1.29, 1.82) is 0 Å². The molecule has 0 spiro atoms. The number of carboxylic acids is 3. The van der Waals surface area contributed by atoms with Crippen molar-refractivity contribution in [2.24, 2.45) is 5.73 Å². The topological polar surface area (TPSA) is 245 Å². The lowest BCUT2D eigenvalue weighted by Crippen LogP contribution is -2.57. The fraction of sp³-hybridized carbons (Fsp3) is 0.625. The van der Waals surface area contributed by atoms with Crippen LogP contribution in [-0.4, -0.2) is 86.8 Å². The summed E-state index contributed by atoms with van der Waals surface area (Å²) in [5.41, 5.74) is 5.40. The second kappa shape index (κ2) is 13.1. The Kier molecular flexibility index (Phi) is 11.6. The molecule has 14 heteroatoms. The highest BCUT2D eigenvalue weighted by Crippen LogP contribution is 2.04. The van der Waals surface area contributed by atoms with E-state index in [-0.39, 0.29) is 6.42 Å². The maximum atomic E-state index is 12.5. The molecular weight excluding hydrogens is 408 g/mol. The average molecular weight is 434 g/mol. The van der Waals surface area contributed by atoms with Crippen molar-refractivity contribution >= 4 is 35.6 Å². The van der Waals surface area contributed by atoms with Gasteiger partial charge in [-0.25, -0.2) is 4.79 Å². The van der Waals surface area contributed by atoms with Gasteiger partial charge in [0.1, 0.15) is 18.1 Å². The van der Waals surface area contributed by atoms with Gasteiger partial charge < -0.3 is 42.1 Å². The van der Waals surface area contributed by atoms with E-state index >= 15 is 0 Å². The smallest absolute Gasteiger partial charge is 0.328 e. The zero-order valence-electron chi connectivity index (χ0n) is 16.2. The van der Waals surface area contributed by atoms with Gasteiger partial charge in [0.2, 0.25) is 17.7 Å². The van der Waals surface area contributed by atoms with Gasteiger partial charge in [0, 0.05) is 12.8 Å². The predicted octanol–water partition coefficient (Wildman–Crippen LogP) is -3.41. The number of hydrogen-bond acceptors (Lipinski definition) is 8. The molecule has 0 aliphatic heterocycles. The third kappa shape index (κ3) is 10.3. The molecule has 0 aromatic rings. The number of aliphatic hydroxyl groups is 1. The standard InChI is InChI=1S/C16H26N4O10/c1-7(17)13(26)18-8(2-4-11(22)23)14(27)19-9(3-5-12(24)25)15(28)20-10(6-21)16(29)30/h7-10,21H,2-6,17H2,1H3,(H,18,26)(H,19,27)(H,20,28)(H,22,23)(H,24,25)(H,29,30). The van der Waals surface area contributed by atoms with Crippen molar-refractivity contribution in [3.63, 3.8) is 0 Å². The minimum atomic E-state index is -1.69. The zero-order valence-corrected chi connectivity index (χ0v) is 16.2. The fourth-order valence-corrected chi connectivity index (χ4v) is 2.11. The number of nitrogens with one attached hydrogen (secondary N) is 3. The van der Waals surface area contributed by atoms with Crippen LogP contribution in [0.25, 0.3) is 0 Å². The Morgan fingerprint density at radius 2 is 1.10 bits per heavy atom. The van der Waals surface area contributed by atoms with Crippen LogP contribution in [0.1, 0.15) is 32.6 Å². The molecule has 0 saturated carbocycles. The Morgan fingerprint density at radius 1 is 0.733 bits per heavy atom. The van der Waals surface area contributed by atoms with Crippen molar-refractivity contribution in [1.82, 2.24) is 16.0 Å². The Bertz CT molecular complexity index is 666. The summed E-state index contributed by atoms with van der Waals surface area (Å²) in [6.45, 7) is 0.373. The lowest BCUT2D eigenvalue weighted by Gasteiger charge is -2.24. The SMILES string of the molecule is CC(N)C(=O)NC(CCC(=O)O)C(=O)NC(CCC(=O)O)C(=O)NC(CO)C(=O)O. The number of carbonyl (C=O) groups is 6. The summed E-state index contributed by atoms with van der Waals surface area (Å²) < 4.78 is 0. The zero-order chi connectivity index (χ0) is 23.4. The molecule has 0 aliphatic rings. The lowest BCUT2D eigenvalue weighted by atomic mass is 10.1. The van der Waals surface area contributed by atoms with Crippen LogP contribution >= 0.6 is 0 Å². The molecule has 0 aromatic carbocycles. The van der Waals surface area contributed by atoms with Crippen molar-refractivity contribution in [3.05, 3.63) is 0 Å². The number of carboxylic acid groups (broad SMARTS) is 3. The van der Waals surface area contributed by atoms with Gasteiger partial charge in [-0.3, -0.25) is 24.0 Å². The normalized spacial score (nSPS) is 14.5. The molecule has 0 radical (unpaired) electrons. The van der Waals surface area contributed by atoms with E-state index in [2.05, 4.69) is 10.6 Å². The molecule has 3 amide bonds. The first kappa shape index (κ1) is 26.7. The third-order valence-electron chi connectivity index (χ3n) is 3.77. The van der Waals surface area contributed by atoms with Gasteiger partial charge in [-0.15, -0.1) is 0 Å². The van der Waals surface area contributed by atoms with Crippen LogP contribution in [0.15, 0.2) is 0 Å². The van der Waals surface area contributed by atoms with Crippen LogP contribution in [0.5, 0.6) is 0 Å². The second-order valence-electron chi connectivity index (χ2n) is 6.36. The summed E-state index contributed by atoms with van der Waals surface area (Å²) in [7, 11) is 0. The minimum absolute atomic E-state index is 0.346. The maximum absolute atomic E-state index is 12.5. The Labute approximate surface area is 170 Å². The van der Waals surface area contributed by atoms with Crippen molar-refractivity contribution in [2.45, 2.75) is 56.8 Å². The van der Waals surface area contributed by atoms with Gasteiger partial charge >= 0.3 is 17.9 Å². The molecule has 4 unspecified atom stereocenters. The predicted molar refractivity (Wildman–Crippen MR) is 97.9 cm³/mol. The summed E-state index contributed by atoms with van der Waals surface area (Å²) in [4.78, 5) is 69.1. The number of aliphatic hydroxyl groups excluding tert-OH is 1. The summed E-state index contributed by atoms with van der Waals surface area (Å²) in [6.07, 6.45) is -1.85. The first-order chi connectivity index (χ1) is 13.9. The molecule has 4 atom stereocenters. The molecule has 0 rings (SSSR count). The molecule has 0 bridgehead atoms. The lowest BCUT2D eigenvalue weighted by molar-refractivity contribution is -0.144. The van der Waals surface area contributed by atoms with Crippen LogP contribution in [0.4, 0.5) is 0 Å². The quantitative estimate of drug-likeness (QED) is 0.134. The largest absolute Gasteiger partial charge is 0.481 e. The second-order valence-corrected chi connectivity index (χ2v) is 6.36. The molecule has 14 nitrogen and oxygen atoms in total. The number of rotatable bonds is 14. The first-order valence-corrected chi connectivity index (χ1v) is 8.83. The first-order valence-electron chi connectivity index (χ1n) is 8.83. The number of aliphatic carboxylic acids is 3. The number of nitrogens with two attached hydrogens (primary N) is 1. The summed E-state index contributed by atoms with van der Waals surface area (Å²) in [6, 6.07) is -5.63. The van der Waals surface area contributed by atoms with E-state index in [9.17, 15) is 28.8 Å². The maximum Gasteiger partial charge on any atom is 0.328 e. The van der Waals surface area contributed by atoms with Crippen LogP contribution in [0.2, 0.25) is 0 Å². The van der Waals surface area contributed by atoms with E-state index in [0.717, 1.165) is 0 Å². The summed E-state index contributed by atoms with van der Waals surface area (Å²) in [5.74, 6) is -6.95. The molecule has 0 fully saturated rings. The summed E-state index contributed by atoms with van der Waals surface area (Å²) >= 11 is 0. The Hall–Kier alpha value is -3.26. The van der Waals surface area contributed by atoms with Gasteiger partial charge in [-0.05, 0) is 19.8 Å². The average Bonchev–Trinajstić information content (AvgIpc) is 2.64. The van der Waals surface area contributed by atoms with Gasteiger partial charge in [0.05, 0.1) is 12.6 Å². The Morgan fingerprint density at radius 3 is 1.40 bits per heavy atom. The molecular formula is C16H26N4O10. The highest BCUT2D eigenvalue weighted by atomic mass is 16.4. The van der Waals surface area contributed by atoms with Crippen molar-refractivity contribution < 1.29 is 49.2 Å². The van der Waals surface area contributed by atoms with E-state index in [1.807, 2.05) is 5.32 Å².